The van der Waals surface area contributed by atoms with Gasteiger partial charge in [0.15, 0.2) is 15.8 Å². The Balaban J connectivity index is 1.55. The molecule has 1 spiro atoms. The Labute approximate surface area is 170 Å². The van der Waals surface area contributed by atoms with Crippen LogP contribution in [0, 0.1) is 0 Å². The molecular formula is C18H18BrClN2O4S. The van der Waals surface area contributed by atoms with Gasteiger partial charge in [0.25, 0.3) is 10.0 Å². The maximum absolute atomic E-state index is 12.9. The minimum absolute atomic E-state index is 0.0616. The second-order valence-corrected chi connectivity index (χ2v) is 11.4. The van der Waals surface area contributed by atoms with E-state index in [1.807, 2.05) is 12.1 Å². The predicted octanol–water partition coefficient (Wildman–Crippen LogP) is 4.18. The van der Waals surface area contributed by atoms with Crippen molar-refractivity contribution in [2.45, 2.75) is 41.7 Å². The van der Waals surface area contributed by atoms with Crippen LogP contribution in [0.25, 0.3) is 11.3 Å². The molecule has 2 aromatic rings. The molecule has 1 saturated heterocycles. The van der Waals surface area contributed by atoms with Crippen LogP contribution in [0.1, 0.15) is 36.8 Å². The Morgan fingerprint density at radius 3 is 2.63 bits per heavy atom. The quantitative estimate of drug-likeness (QED) is 0.676. The number of ether oxygens (including phenoxy) is 1. The first-order valence-electron chi connectivity index (χ1n) is 8.92. The number of benzene rings is 1. The molecule has 0 radical (unpaired) electrons. The minimum Gasteiger partial charge on any atom is -0.381 e. The monoisotopic (exact) mass is 472 g/mol. The number of rotatable bonds is 3. The maximum Gasteiger partial charge on any atom is 0.254 e. The highest BCUT2D eigenvalue weighted by molar-refractivity contribution is 9.10. The number of halogens is 2. The van der Waals surface area contributed by atoms with Crippen molar-refractivity contribution in [3.05, 3.63) is 33.8 Å². The molecule has 5 rings (SSSR count). The van der Waals surface area contributed by atoms with Crippen LogP contribution in [-0.4, -0.2) is 31.0 Å². The van der Waals surface area contributed by atoms with E-state index < -0.39 is 14.2 Å². The maximum atomic E-state index is 12.9. The highest BCUT2D eigenvalue weighted by Gasteiger charge is 2.51. The lowest BCUT2D eigenvalue weighted by atomic mass is 9.79. The van der Waals surface area contributed by atoms with Crippen molar-refractivity contribution >= 4 is 43.4 Å². The first-order chi connectivity index (χ1) is 12.8. The number of sulfonamides is 1. The fourth-order valence-electron chi connectivity index (χ4n) is 4.13. The molecule has 6 nitrogen and oxygen atoms in total. The fourth-order valence-corrected chi connectivity index (χ4v) is 6.06. The molecule has 0 amide bonds. The van der Waals surface area contributed by atoms with Crippen LogP contribution in [0.4, 0.5) is 5.82 Å². The Bertz CT molecular complexity index is 1030. The van der Waals surface area contributed by atoms with Crippen LogP contribution >= 0.6 is 27.5 Å². The van der Waals surface area contributed by atoms with E-state index in [1.165, 1.54) is 5.56 Å². The summed E-state index contributed by atoms with van der Waals surface area (Å²) in [4.78, 5) is 0. The molecule has 2 heterocycles. The van der Waals surface area contributed by atoms with Gasteiger partial charge >= 0.3 is 0 Å². The zero-order valence-electron chi connectivity index (χ0n) is 14.4. The lowest BCUT2D eigenvalue weighted by Crippen LogP contribution is -2.42. The fraction of sp³-hybridized carbons (Fsp3) is 0.500. The van der Waals surface area contributed by atoms with Gasteiger partial charge in [0.05, 0.1) is 0 Å². The van der Waals surface area contributed by atoms with Crippen molar-refractivity contribution in [2.24, 2.45) is 0 Å². The largest absolute Gasteiger partial charge is 0.381 e. The van der Waals surface area contributed by atoms with Crippen molar-refractivity contribution in [2.75, 3.05) is 17.9 Å². The summed E-state index contributed by atoms with van der Waals surface area (Å²) in [6.07, 6.45) is 3.36. The number of nitrogens with one attached hydrogen (secondary N) is 1. The van der Waals surface area contributed by atoms with E-state index in [9.17, 15) is 8.42 Å². The zero-order chi connectivity index (χ0) is 18.9. The molecule has 1 saturated carbocycles. The van der Waals surface area contributed by atoms with E-state index >= 15 is 0 Å². The molecule has 1 N–H and O–H groups in total. The van der Waals surface area contributed by atoms with Gasteiger partial charge in [-0.15, -0.1) is 0 Å². The standard InChI is InChI=1S/C18H18BrClN2O4S/c19-11-1-2-14-12(9-11)15-13(10-17(14)3-4-17)16(21-26-15)22-27(23,24)18(20)5-7-25-8-6-18/h1-2,9H,3-8,10H2,(H,21,22). The van der Waals surface area contributed by atoms with Crippen LogP contribution in [0.5, 0.6) is 0 Å². The number of fused-ring (bicyclic) bond motifs is 4. The second kappa shape index (κ2) is 5.95. The highest BCUT2D eigenvalue weighted by atomic mass is 79.9. The summed E-state index contributed by atoms with van der Waals surface area (Å²) in [7, 11) is -3.84. The summed E-state index contributed by atoms with van der Waals surface area (Å²) in [5.41, 5.74) is 3.11. The third kappa shape index (κ3) is 2.75. The first-order valence-corrected chi connectivity index (χ1v) is 11.6. The van der Waals surface area contributed by atoms with E-state index in [4.69, 9.17) is 20.9 Å². The normalized spacial score (nSPS) is 22.1. The number of aromatic nitrogens is 1. The van der Waals surface area contributed by atoms with Gasteiger partial charge in [-0.3, -0.25) is 4.72 Å². The summed E-state index contributed by atoms with van der Waals surface area (Å²) < 4.78 is 38.9. The van der Waals surface area contributed by atoms with Crippen molar-refractivity contribution in [3.8, 4) is 11.3 Å². The molecule has 27 heavy (non-hydrogen) atoms. The van der Waals surface area contributed by atoms with Gasteiger partial charge in [-0.05, 0) is 37.0 Å². The van der Waals surface area contributed by atoms with Crippen molar-refractivity contribution < 1.29 is 17.7 Å². The predicted molar refractivity (Wildman–Crippen MR) is 105 cm³/mol. The SMILES string of the molecule is O=S(=O)(Nc1noc2c1CC1(CC1)c1ccc(Br)cc1-2)C1(Cl)CCOCC1. The lowest BCUT2D eigenvalue weighted by molar-refractivity contribution is 0.0914. The third-order valence-electron chi connectivity index (χ3n) is 5.91. The van der Waals surface area contributed by atoms with Crippen LogP contribution in [0.2, 0.25) is 0 Å². The van der Waals surface area contributed by atoms with Crippen LogP contribution in [0.15, 0.2) is 27.2 Å². The summed E-state index contributed by atoms with van der Waals surface area (Å²) in [5.74, 6) is 0.894. The Morgan fingerprint density at radius 1 is 1.19 bits per heavy atom. The number of anilines is 1. The van der Waals surface area contributed by atoms with Crippen molar-refractivity contribution in [3.63, 3.8) is 0 Å². The number of nitrogens with zero attached hydrogens (tertiary/aromatic N) is 1. The summed E-state index contributed by atoms with van der Waals surface area (Å²) in [5, 5.41) is 4.06. The molecule has 0 atom stereocenters. The average molecular weight is 474 g/mol. The highest BCUT2D eigenvalue weighted by Crippen LogP contribution is 2.58. The van der Waals surface area contributed by atoms with E-state index in [0.717, 1.165) is 34.9 Å². The summed E-state index contributed by atoms with van der Waals surface area (Å²) in [6, 6.07) is 6.17. The van der Waals surface area contributed by atoms with Gasteiger partial charge in [0.2, 0.25) is 0 Å². The van der Waals surface area contributed by atoms with Crippen molar-refractivity contribution in [1.82, 2.24) is 5.16 Å². The van der Waals surface area contributed by atoms with Gasteiger partial charge in [0.1, 0.15) is 0 Å². The summed E-state index contributed by atoms with van der Waals surface area (Å²) >= 11 is 9.95. The first kappa shape index (κ1) is 18.0. The van der Waals surface area contributed by atoms with Gasteiger partial charge in [-0.2, -0.15) is 0 Å². The molecule has 0 unspecified atom stereocenters. The summed E-state index contributed by atoms with van der Waals surface area (Å²) in [6.45, 7) is 0.650. The molecule has 144 valence electrons. The van der Waals surface area contributed by atoms with Gasteiger partial charge in [-0.25, -0.2) is 8.42 Å². The van der Waals surface area contributed by atoms with Gasteiger partial charge in [-0.1, -0.05) is 38.8 Å². The van der Waals surface area contributed by atoms with Crippen molar-refractivity contribution in [1.29, 1.82) is 0 Å². The molecule has 9 heteroatoms. The Morgan fingerprint density at radius 2 is 1.93 bits per heavy atom. The molecular weight excluding hydrogens is 456 g/mol. The number of hydrogen-bond acceptors (Lipinski definition) is 5. The van der Waals surface area contributed by atoms with Gasteiger partial charge < -0.3 is 9.26 Å². The average Bonchev–Trinajstić information content (AvgIpc) is 3.29. The van der Waals surface area contributed by atoms with E-state index in [1.54, 1.807) is 0 Å². The van der Waals surface area contributed by atoms with E-state index in [0.29, 0.717) is 19.0 Å². The number of alkyl halides is 1. The van der Waals surface area contributed by atoms with Crippen LogP contribution in [-0.2, 0) is 26.6 Å². The van der Waals surface area contributed by atoms with Crippen LogP contribution < -0.4 is 4.72 Å². The molecule has 1 aromatic heterocycles. The number of hydrogen-bond donors (Lipinski definition) is 1. The zero-order valence-corrected chi connectivity index (χ0v) is 17.6. The van der Waals surface area contributed by atoms with E-state index in [2.05, 4.69) is 31.9 Å². The molecule has 2 fully saturated rings. The van der Waals surface area contributed by atoms with E-state index in [-0.39, 0.29) is 24.1 Å². The minimum atomic E-state index is -3.84. The third-order valence-corrected chi connectivity index (χ3v) is 9.22. The molecule has 3 aliphatic rings. The molecule has 1 aliphatic heterocycles. The topological polar surface area (TPSA) is 81.4 Å². The Kier molecular flexibility index (Phi) is 3.96. The Hall–Kier alpha value is -1.09. The molecule has 2 aliphatic carbocycles. The lowest BCUT2D eigenvalue weighted by Gasteiger charge is -2.30. The molecule has 1 aromatic carbocycles. The smallest absolute Gasteiger partial charge is 0.254 e. The second-order valence-electron chi connectivity index (χ2n) is 7.59. The van der Waals surface area contributed by atoms with Crippen LogP contribution in [0.3, 0.4) is 0 Å². The van der Waals surface area contributed by atoms with Gasteiger partial charge in [0, 0.05) is 47.1 Å². The molecule has 0 bridgehead atoms.